The van der Waals surface area contributed by atoms with E-state index in [0.717, 1.165) is 6.54 Å². The minimum atomic E-state index is 0.228. The third-order valence-electron chi connectivity index (χ3n) is 5.01. The van der Waals surface area contributed by atoms with Crippen LogP contribution in [0.3, 0.4) is 0 Å². The van der Waals surface area contributed by atoms with Crippen molar-refractivity contribution in [2.75, 3.05) is 13.6 Å². The third kappa shape index (κ3) is 3.23. The Morgan fingerprint density at radius 1 is 1.18 bits per heavy atom. The second-order valence-corrected chi connectivity index (χ2v) is 7.22. The van der Waals surface area contributed by atoms with Crippen molar-refractivity contribution >= 4 is 0 Å². The highest BCUT2D eigenvalue weighted by Crippen LogP contribution is 2.44. The highest BCUT2D eigenvalue weighted by Gasteiger charge is 2.43. The summed E-state index contributed by atoms with van der Waals surface area (Å²) in [6.45, 7) is 12.5. The molecule has 0 amide bonds. The zero-order valence-electron chi connectivity index (χ0n) is 12.7. The summed E-state index contributed by atoms with van der Waals surface area (Å²) in [5.74, 6) is 0.688. The van der Waals surface area contributed by atoms with E-state index in [1.807, 2.05) is 0 Å². The van der Waals surface area contributed by atoms with E-state index in [9.17, 15) is 0 Å². The van der Waals surface area contributed by atoms with Crippen molar-refractivity contribution in [1.29, 1.82) is 0 Å². The Kier molecular flexibility index (Phi) is 4.65. The summed E-state index contributed by atoms with van der Waals surface area (Å²) in [5, 5.41) is 0. The molecule has 2 N–H and O–H groups in total. The van der Waals surface area contributed by atoms with Crippen LogP contribution in [0.5, 0.6) is 0 Å². The minimum Gasteiger partial charge on any atom is -0.329 e. The van der Waals surface area contributed by atoms with Gasteiger partial charge in [0, 0.05) is 18.1 Å². The molecule has 17 heavy (non-hydrogen) atoms. The molecule has 1 rings (SSSR count). The van der Waals surface area contributed by atoms with Crippen molar-refractivity contribution in [3.8, 4) is 0 Å². The molecule has 1 fully saturated rings. The summed E-state index contributed by atoms with van der Waals surface area (Å²) >= 11 is 0. The zero-order valence-corrected chi connectivity index (χ0v) is 12.7. The van der Waals surface area contributed by atoms with Crippen molar-refractivity contribution in [2.24, 2.45) is 17.1 Å². The van der Waals surface area contributed by atoms with E-state index in [-0.39, 0.29) is 5.54 Å². The van der Waals surface area contributed by atoms with Crippen LogP contribution < -0.4 is 5.73 Å². The minimum absolute atomic E-state index is 0.228. The van der Waals surface area contributed by atoms with Gasteiger partial charge in [-0.15, -0.1) is 0 Å². The summed E-state index contributed by atoms with van der Waals surface area (Å²) < 4.78 is 0. The van der Waals surface area contributed by atoms with Crippen molar-refractivity contribution in [3.63, 3.8) is 0 Å². The van der Waals surface area contributed by atoms with Crippen LogP contribution in [0.2, 0.25) is 0 Å². The molecule has 0 saturated heterocycles. The van der Waals surface area contributed by atoms with E-state index in [0.29, 0.717) is 17.4 Å². The van der Waals surface area contributed by atoms with Gasteiger partial charge >= 0.3 is 0 Å². The van der Waals surface area contributed by atoms with Crippen LogP contribution in [0.25, 0.3) is 0 Å². The maximum absolute atomic E-state index is 6.16. The van der Waals surface area contributed by atoms with Crippen molar-refractivity contribution in [1.82, 2.24) is 4.90 Å². The number of hydrogen-bond donors (Lipinski definition) is 1. The predicted molar refractivity (Wildman–Crippen MR) is 76.1 cm³/mol. The molecule has 102 valence electrons. The second-order valence-electron chi connectivity index (χ2n) is 7.22. The number of hydrogen-bond acceptors (Lipinski definition) is 2. The molecule has 1 saturated carbocycles. The standard InChI is InChI=1S/C15H32N2/c1-12(2)13(3)17(6)15(11-16)9-7-8-14(4,5)10-15/h12-13H,7-11,16H2,1-6H3. The van der Waals surface area contributed by atoms with Gasteiger partial charge in [-0.1, -0.05) is 34.1 Å². The van der Waals surface area contributed by atoms with E-state index in [2.05, 4.69) is 46.6 Å². The van der Waals surface area contributed by atoms with Gasteiger partial charge in [-0.05, 0) is 44.6 Å². The van der Waals surface area contributed by atoms with E-state index in [1.54, 1.807) is 0 Å². The van der Waals surface area contributed by atoms with Crippen LogP contribution in [-0.2, 0) is 0 Å². The molecule has 0 heterocycles. The number of nitrogens with two attached hydrogens (primary N) is 1. The predicted octanol–water partition coefficient (Wildman–Crippen LogP) is 3.26. The Labute approximate surface area is 108 Å². The van der Waals surface area contributed by atoms with Gasteiger partial charge in [-0.25, -0.2) is 0 Å². The van der Waals surface area contributed by atoms with Crippen LogP contribution >= 0.6 is 0 Å². The summed E-state index contributed by atoms with van der Waals surface area (Å²) in [6, 6.07) is 0.604. The summed E-state index contributed by atoms with van der Waals surface area (Å²) in [5.41, 5.74) is 6.83. The lowest BCUT2D eigenvalue weighted by Crippen LogP contribution is -2.59. The fraction of sp³-hybridized carbons (Fsp3) is 1.00. The maximum atomic E-state index is 6.16. The summed E-state index contributed by atoms with van der Waals surface area (Å²) in [7, 11) is 2.28. The van der Waals surface area contributed by atoms with Gasteiger partial charge in [-0.3, -0.25) is 4.90 Å². The quantitative estimate of drug-likeness (QED) is 0.817. The van der Waals surface area contributed by atoms with Gasteiger partial charge in [0.1, 0.15) is 0 Å². The van der Waals surface area contributed by atoms with Gasteiger partial charge in [-0.2, -0.15) is 0 Å². The Bertz CT molecular complexity index is 247. The Morgan fingerprint density at radius 3 is 2.18 bits per heavy atom. The first-order chi connectivity index (χ1) is 7.74. The van der Waals surface area contributed by atoms with E-state index in [4.69, 9.17) is 5.73 Å². The molecule has 2 heteroatoms. The fourth-order valence-electron chi connectivity index (χ4n) is 3.46. The molecule has 0 radical (unpaired) electrons. The van der Waals surface area contributed by atoms with Crippen molar-refractivity contribution < 1.29 is 0 Å². The Balaban J connectivity index is 2.87. The molecule has 0 aromatic carbocycles. The van der Waals surface area contributed by atoms with Gasteiger partial charge in [0.2, 0.25) is 0 Å². The molecule has 0 aliphatic heterocycles. The van der Waals surface area contributed by atoms with Crippen molar-refractivity contribution in [2.45, 2.75) is 71.9 Å². The smallest absolute Gasteiger partial charge is 0.0336 e. The zero-order chi connectivity index (χ0) is 13.3. The number of likely N-dealkylation sites (N-methyl/N-ethyl adjacent to an activating group) is 1. The summed E-state index contributed by atoms with van der Waals surface area (Å²) in [4.78, 5) is 2.57. The molecular weight excluding hydrogens is 208 g/mol. The average Bonchev–Trinajstić information content (AvgIpc) is 2.25. The molecule has 2 nitrogen and oxygen atoms in total. The third-order valence-corrected chi connectivity index (χ3v) is 5.01. The number of rotatable bonds is 4. The lowest BCUT2D eigenvalue weighted by Gasteiger charge is -2.52. The fourth-order valence-corrected chi connectivity index (χ4v) is 3.46. The van der Waals surface area contributed by atoms with Crippen LogP contribution in [0.15, 0.2) is 0 Å². The van der Waals surface area contributed by atoms with Gasteiger partial charge < -0.3 is 5.73 Å². The van der Waals surface area contributed by atoms with Crippen molar-refractivity contribution in [3.05, 3.63) is 0 Å². The van der Waals surface area contributed by atoms with E-state index < -0.39 is 0 Å². The molecule has 2 unspecified atom stereocenters. The largest absolute Gasteiger partial charge is 0.329 e. The van der Waals surface area contributed by atoms with Crippen LogP contribution in [0.4, 0.5) is 0 Å². The Hall–Kier alpha value is -0.0800. The molecule has 0 bridgehead atoms. The average molecular weight is 240 g/mol. The van der Waals surface area contributed by atoms with E-state index >= 15 is 0 Å². The van der Waals surface area contributed by atoms with Crippen LogP contribution in [0.1, 0.15) is 60.3 Å². The first-order valence-electron chi connectivity index (χ1n) is 7.17. The molecule has 1 aliphatic carbocycles. The van der Waals surface area contributed by atoms with E-state index in [1.165, 1.54) is 25.7 Å². The lowest BCUT2D eigenvalue weighted by molar-refractivity contribution is -0.00677. The monoisotopic (exact) mass is 240 g/mol. The van der Waals surface area contributed by atoms with Crippen LogP contribution in [0, 0.1) is 11.3 Å². The molecule has 0 aromatic rings. The van der Waals surface area contributed by atoms with Gasteiger partial charge in [0.15, 0.2) is 0 Å². The highest BCUT2D eigenvalue weighted by atomic mass is 15.2. The molecule has 0 spiro atoms. The first-order valence-corrected chi connectivity index (χ1v) is 7.17. The van der Waals surface area contributed by atoms with Crippen LogP contribution in [-0.4, -0.2) is 30.1 Å². The van der Waals surface area contributed by atoms with Gasteiger partial charge in [0.05, 0.1) is 0 Å². The maximum Gasteiger partial charge on any atom is 0.0336 e. The Morgan fingerprint density at radius 2 is 1.76 bits per heavy atom. The lowest BCUT2D eigenvalue weighted by atomic mass is 9.67. The van der Waals surface area contributed by atoms with Gasteiger partial charge in [0.25, 0.3) is 0 Å². The molecule has 0 aromatic heterocycles. The topological polar surface area (TPSA) is 29.3 Å². The SMILES string of the molecule is CC(C)C(C)N(C)C1(CN)CCCC(C)(C)C1. The highest BCUT2D eigenvalue weighted by molar-refractivity contribution is 4.99. The molecule has 1 aliphatic rings. The normalized spacial score (nSPS) is 30.9. The number of nitrogens with zero attached hydrogens (tertiary/aromatic N) is 1. The molecule has 2 atom stereocenters. The summed E-state index contributed by atoms with van der Waals surface area (Å²) in [6.07, 6.45) is 5.17. The first kappa shape index (κ1) is 15.0. The molecular formula is C15H32N2. The second kappa shape index (κ2) is 5.27.